The molecule has 0 saturated heterocycles. The molecule has 8 aromatic rings. The Kier molecular flexibility index (Phi) is 4.25. The summed E-state index contributed by atoms with van der Waals surface area (Å²) in [4.78, 5) is 5.49. The van der Waals surface area contributed by atoms with Gasteiger partial charge in [-0.15, -0.1) is 0 Å². The first kappa shape index (κ1) is 24.9. The predicted octanol–water partition coefficient (Wildman–Crippen LogP) is 12.1. The number of nitrogens with zero attached hydrogens (tertiary/aromatic N) is 2. The van der Waals surface area contributed by atoms with E-state index in [1.54, 1.807) is 22.1 Å². The van der Waals surface area contributed by atoms with Crippen molar-refractivity contribution in [3.63, 3.8) is 0 Å². The molecule has 4 saturated carbocycles. The first-order valence-electron chi connectivity index (χ1n) is 19.1. The highest BCUT2D eigenvalue weighted by Crippen LogP contribution is 2.61. The lowest BCUT2D eigenvalue weighted by atomic mass is 9.67. The van der Waals surface area contributed by atoms with Gasteiger partial charge in [0.2, 0.25) is 0 Å². The molecule has 4 heterocycles. The molecular formula is C45H38N2O. The van der Waals surface area contributed by atoms with Crippen molar-refractivity contribution in [1.82, 2.24) is 9.38 Å². The highest BCUT2D eigenvalue weighted by atomic mass is 16.3. The van der Waals surface area contributed by atoms with Gasteiger partial charge in [-0.1, -0.05) is 36.4 Å². The Bertz CT molecular complexity index is 2730. The minimum Gasteiger partial charge on any atom is -0.456 e. The molecular weight excluding hydrogens is 585 g/mol. The monoisotopic (exact) mass is 622 g/mol. The molecule has 48 heavy (non-hydrogen) atoms. The average molecular weight is 623 g/mol. The number of hydrogen-bond acceptors (Lipinski definition) is 2. The van der Waals surface area contributed by atoms with Crippen LogP contribution in [-0.4, -0.2) is 9.38 Å². The van der Waals surface area contributed by atoms with Crippen molar-refractivity contribution in [2.24, 2.45) is 23.7 Å². The fourth-order valence-corrected chi connectivity index (χ4v) is 14.0. The van der Waals surface area contributed by atoms with Crippen molar-refractivity contribution in [3.05, 3.63) is 83.2 Å². The Hall–Kier alpha value is -4.11. The summed E-state index contributed by atoms with van der Waals surface area (Å²) in [6, 6.07) is 21.1. The molecule has 3 nitrogen and oxygen atoms in total. The normalized spacial score (nSPS) is 31.8. The molecule has 0 amide bonds. The largest absolute Gasteiger partial charge is 0.456 e. The highest BCUT2D eigenvalue weighted by Gasteiger charge is 2.46. The van der Waals surface area contributed by atoms with Crippen LogP contribution in [0.25, 0.3) is 70.8 Å². The minimum atomic E-state index is 0.633. The summed E-state index contributed by atoms with van der Waals surface area (Å²) < 4.78 is 9.78. The maximum atomic E-state index is 7.09. The number of benzene rings is 4. The van der Waals surface area contributed by atoms with Gasteiger partial charge in [-0.2, -0.15) is 0 Å². The van der Waals surface area contributed by atoms with Gasteiger partial charge >= 0.3 is 0 Å². The summed E-state index contributed by atoms with van der Waals surface area (Å²) in [7, 11) is 0. The maximum Gasteiger partial charge on any atom is 0.136 e. The quantitative estimate of drug-likeness (QED) is 0.124. The molecule has 4 aromatic carbocycles. The second-order valence-corrected chi connectivity index (χ2v) is 17.5. The van der Waals surface area contributed by atoms with Crippen LogP contribution in [0.2, 0.25) is 0 Å². The fraction of sp³-hybridized carbons (Fsp3) is 0.400. The SMILES string of the molecule is c1cc2cccc3c2c(c1)oc1cc2c4c5c(ncc4n4c6ccc7c(c6c(c13)c24)C1CC2CC(CC7C2)C1)C1CC2CC(C1)CC5C2. The van der Waals surface area contributed by atoms with Gasteiger partial charge in [0, 0.05) is 43.9 Å². The fourth-order valence-electron chi connectivity index (χ4n) is 14.0. The molecule has 0 N–H and O–H groups in total. The van der Waals surface area contributed by atoms with Crippen LogP contribution < -0.4 is 0 Å². The van der Waals surface area contributed by atoms with E-state index in [4.69, 9.17) is 9.40 Å². The Balaban J connectivity index is 1.24. The van der Waals surface area contributed by atoms with E-state index in [9.17, 15) is 0 Å². The van der Waals surface area contributed by atoms with E-state index in [-0.39, 0.29) is 0 Å². The Labute approximate surface area is 278 Å². The van der Waals surface area contributed by atoms with Crippen molar-refractivity contribution in [1.29, 1.82) is 0 Å². The topological polar surface area (TPSA) is 30.4 Å². The zero-order valence-electron chi connectivity index (χ0n) is 27.3. The predicted molar refractivity (Wildman–Crippen MR) is 195 cm³/mol. The minimum absolute atomic E-state index is 0.633. The standard InChI is InChI=1S/C45H38N2O/c1-3-25-4-2-6-35-37(25)31(5-1)41-36(48-35)19-32-40-34(20-46-44-29-17-23-10-24(18-29)16-28(15-23)39(40)44)47-33-8-7-30-26-11-21-9-22(12-26)14-27(13-21)38(30)42(33)43(41)45(32)47/h1-8,19-24,26-29H,9-18H2. The van der Waals surface area contributed by atoms with E-state index in [2.05, 4.69) is 65.2 Å². The summed E-state index contributed by atoms with van der Waals surface area (Å²) in [5.74, 6) is 6.21. The molecule has 4 aromatic heterocycles. The molecule has 8 aliphatic carbocycles. The van der Waals surface area contributed by atoms with Gasteiger partial charge < -0.3 is 8.82 Å². The van der Waals surface area contributed by atoms with Crippen LogP contribution in [0.15, 0.2) is 65.2 Å². The van der Waals surface area contributed by atoms with E-state index in [0.717, 1.165) is 40.8 Å². The summed E-state index contributed by atoms with van der Waals surface area (Å²) in [6.07, 6.45) is 16.2. The number of aromatic nitrogens is 2. The van der Waals surface area contributed by atoms with Crippen LogP contribution in [0.1, 0.15) is 110 Å². The lowest BCUT2D eigenvalue weighted by Gasteiger charge is -2.38. The maximum absolute atomic E-state index is 7.09. The number of pyridine rings is 1. The second kappa shape index (κ2) is 8.19. The zero-order chi connectivity index (χ0) is 30.6. The summed E-state index contributed by atoms with van der Waals surface area (Å²) in [6.45, 7) is 0. The molecule has 0 radical (unpaired) electrons. The van der Waals surface area contributed by atoms with Crippen LogP contribution in [0.5, 0.6) is 0 Å². The molecule has 3 heteroatoms. The van der Waals surface area contributed by atoms with Gasteiger partial charge in [-0.25, -0.2) is 0 Å². The van der Waals surface area contributed by atoms with Crippen molar-refractivity contribution >= 4 is 70.8 Å². The van der Waals surface area contributed by atoms with Crippen LogP contribution in [-0.2, 0) is 0 Å². The molecule has 4 fully saturated rings. The van der Waals surface area contributed by atoms with Gasteiger partial charge in [0.15, 0.2) is 0 Å². The molecule has 8 bridgehead atoms. The summed E-state index contributed by atoms with van der Waals surface area (Å²) in [5.41, 5.74) is 12.7. The van der Waals surface area contributed by atoms with E-state index in [1.165, 1.54) is 124 Å². The van der Waals surface area contributed by atoms with Gasteiger partial charge in [-0.3, -0.25) is 4.98 Å². The number of rotatable bonds is 0. The highest BCUT2D eigenvalue weighted by molar-refractivity contribution is 6.36. The van der Waals surface area contributed by atoms with E-state index < -0.39 is 0 Å². The van der Waals surface area contributed by atoms with Crippen LogP contribution in [0.3, 0.4) is 0 Å². The first-order chi connectivity index (χ1) is 23.7. The van der Waals surface area contributed by atoms with Crippen molar-refractivity contribution in [3.8, 4) is 0 Å². The summed E-state index contributed by atoms with van der Waals surface area (Å²) >= 11 is 0. The molecule has 16 rings (SSSR count). The third-order valence-corrected chi connectivity index (χ3v) is 15.1. The zero-order valence-corrected chi connectivity index (χ0v) is 27.3. The Morgan fingerprint density at radius 3 is 2.04 bits per heavy atom. The number of fused-ring (bicyclic) bond motifs is 9. The molecule has 4 unspecified atom stereocenters. The first-order valence-corrected chi connectivity index (χ1v) is 19.1. The average Bonchev–Trinajstić information content (AvgIpc) is 3.47. The second-order valence-electron chi connectivity index (χ2n) is 17.5. The number of hydrogen-bond donors (Lipinski definition) is 0. The smallest absolute Gasteiger partial charge is 0.136 e. The third kappa shape index (κ3) is 2.81. The Morgan fingerprint density at radius 2 is 1.25 bits per heavy atom. The lowest BCUT2D eigenvalue weighted by Crippen LogP contribution is -2.25. The van der Waals surface area contributed by atoms with Gasteiger partial charge in [0.25, 0.3) is 0 Å². The van der Waals surface area contributed by atoms with Crippen molar-refractivity contribution in [2.75, 3.05) is 0 Å². The van der Waals surface area contributed by atoms with Gasteiger partial charge in [-0.05, 0) is 151 Å². The lowest BCUT2D eigenvalue weighted by molar-refractivity contribution is 0.165. The summed E-state index contributed by atoms with van der Waals surface area (Å²) in [5, 5.41) is 11.1. The molecule has 0 spiro atoms. The van der Waals surface area contributed by atoms with Crippen LogP contribution in [0.4, 0.5) is 0 Å². The van der Waals surface area contributed by atoms with Crippen molar-refractivity contribution < 1.29 is 4.42 Å². The van der Waals surface area contributed by atoms with E-state index >= 15 is 0 Å². The molecule has 8 aliphatic rings. The molecule has 234 valence electrons. The Morgan fingerprint density at radius 1 is 0.542 bits per heavy atom. The third-order valence-electron chi connectivity index (χ3n) is 15.1. The van der Waals surface area contributed by atoms with Crippen molar-refractivity contribution in [2.45, 2.75) is 87.9 Å². The van der Waals surface area contributed by atoms with E-state index in [1.807, 2.05) is 0 Å². The van der Waals surface area contributed by atoms with Crippen LogP contribution in [0, 0.1) is 23.7 Å². The molecule has 4 atom stereocenters. The van der Waals surface area contributed by atoms with Gasteiger partial charge in [0.05, 0.1) is 22.7 Å². The van der Waals surface area contributed by atoms with E-state index in [0.29, 0.717) is 17.8 Å². The van der Waals surface area contributed by atoms with Crippen LogP contribution >= 0.6 is 0 Å². The molecule has 0 aliphatic heterocycles. The van der Waals surface area contributed by atoms with Gasteiger partial charge in [0.1, 0.15) is 11.2 Å².